The molecule has 0 aliphatic carbocycles. The first-order valence-electron chi connectivity index (χ1n) is 4.34. The summed E-state index contributed by atoms with van der Waals surface area (Å²) in [4.78, 5) is 14.4. The zero-order valence-electron chi connectivity index (χ0n) is 7.94. The SMILES string of the molecule is NCCCC[C@H](N=C(N)NN)C(=O)O. The number of nitrogens with zero attached hydrogens (tertiary/aromatic N) is 1. The maximum Gasteiger partial charge on any atom is 0.328 e. The van der Waals surface area contributed by atoms with Crippen LogP contribution >= 0.6 is 0 Å². The van der Waals surface area contributed by atoms with Crippen molar-refractivity contribution >= 4 is 11.9 Å². The van der Waals surface area contributed by atoms with E-state index in [-0.39, 0.29) is 5.96 Å². The minimum atomic E-state index is -1.01. The Kier molecular flexibility index (Phi) is 6.42. The first kappa shape index (κ1) is 12.7. The number of aliphatic imine (C=N–C) groups is 1. The third-order valence-electron chi connectivity index (χ3n) is 1.66. The maximum absolute atomic E-state index is 10.7. The molecule has 0 aliphatic heterocycles. The molecule has 7 nitrogen and oxygen atoms in total. The van der Waals surface area contributed by atoms with Crippen molar-refractivity contribution in [2.24, 2.45) is 22.3 Å². The molecular formula is C7H17N5O2. The van der Waals surface area contributed by atoms with Crippen molar-refractivity contribution in [1.82, 2.24) is 5.43 Å². The van der Waals surface area contributed by atoms with E-state index >= 15 is 0 Å². The van der Waals surface area contributed by atoms with Crippen molar-refractivity contribution in [3.05, 3.63) is 0 Å². The molecule has 7 heteroatoms. The molecule has 0 amide bonds. The van der Waals surface area contributed by atoms with Gasteiger partial charge in [0.05, 0.1) is 0 Å². The van der Waals surface area contributed by atoms with Crippen molar-refractivity contribution in [2.45, 2.75) is 25.3 Å². The van der Waals surface area contributed by atoms with Gasteiger partial charge in [-0.15, -0.1) is 0 Å². The molecular weight excluding hydrogens is 186 g/mol. The van der Waals surface area contributed by atoms with E-state index in [1.807, 2.05) is 0 Å². The Labute approximate surface area is 82.3 Å². The van der Waals surface area contributed by atoms with E-state index in [4.69, 9.17) is 22.4 Å². The summed E-state index contributed by atoms with van der Waals surface area (Å²) in [5, 5.41) is 8.75. The molecule has 0 radical (unpaired) electrons. The molecule has 0 saturated carbocycles. The second-order valence-electron chi connectivity index (χ2n) is 2.80. The van der Waals surface area contributed by atoms with E-state index in [0.717, 1.165) is 6.42 Å². The van der Waals surface area contributed by atoms with Gasteiger partial charge in [-0.2, -0.15) is 0 Å². The number of rotatable bonds is 6. The van der Waals surface area contributed by atoms with Crippen LogP contribution in [0.2, 0.25) is 0 Å². The van der Waals surface area contributed by atoms with Gasteiger partial charge < -0.3 is 16.6 Å². The number of carbonyl (C=O) groups is 1. The topological polar surface area (TPSA) is 140 Å². The fraction of sp³-hybridized carbons (Fsp3) is 0.714. The van der Waals surface area contributed by atoms with Gasteiger partial charge in [0, 0.05) is 0 Å². The van der Waals surface area contributed by atoms with Gasteiger partial charge in [-0.1, -0.05) is 0 Å². The number of carboxylic acid groups (broad SMARTS) is 1. The van der Waals surface area contributed by atoms with E-state index in [0.29, 0.717) is 19.4 Å². The molecule has 0 bridgehead atoms. The lowest BCUT2D eigenvalue weighted by molar-refractivity contribution is -0.138. The number of hydrazine groups is 1. The van der Waals surface area contributed by atoms with Gasteiger partial charge >= 0.3 is 5.97 Å². The number of nitrogens with one attached hydrogen (secondary N) is 1. The molecule has 0 aromatic rings. The van der Waals surface area contributed by atoms with Crippen molar-refractivity contribution in [3.8, 4) is 0 Å². The zero-order chi connectivity index (χ0) is 11.0. The fourth-order valence-electron chi connectivity index (χ4n) is 0.930. The number of guanidine groups is 1. The van der Waals surface area contributed by atoms with Gasteiger partial charge in [0.25, 0.3) is 0 Å². The van der Waals surface area contributed by atoms with Crippen LogP contribution in [-0.4, -0.2) is 29.6 Å². The molecule has 14 heavy (non-hydrogen) atoms. The Balaban J connectivity index is 4.09. The molecule has 0 unspecified atom stereocenters. The molecule has 0 heterocycles. The van der Waals surface area contributed by atoms with Crippen LogP contribution in [-0.2, 0) is 4.79 Å². The van der Waals surface area contributed by atoms with E-state index in [2.05, 4.69) is 10.4 Å². The van der Waals surface area contributed by atoms with Crippen molar-refractivity contribution < 1.29 is 9.90 Å². The third-order valence-corrected chi connectivity index (χ3v) is 1.66. The van der Waals surface area contributed by atoms with E-state index in [9.17, 15) is 4.79 Å². The molecule has 0 saturated heterocycles. The molecule has 8 N–H and O–H groups in total. The molecule has 0 rings (SSSR count). The summed E-state index contributed by atoms with van der Waals surface area (Å²) < 4.78 is 0. The Morgan fingerprint density at radius 2 is 2.14 bits per heavy atom. The Morgan fingerprint density at radius 3 is 2.57 bits per heavy atom. The summed E-state index contributed by atoms with van der Waals surface area (Å²) in [7, 11) is 0. The highest BCUT2D eigenvalue weighted by molar-refractivity contribution is 5.82. The Hall–Kier alpha value is -1.34. The second-order valence-corrected chi connectivity index (χ2v) is 2.80. The normalized spacial score (nSPS) is 13.7. The Morgan fingerprint density at radius 1 is 1.50 bits per heavy atom. The standard InChI is InChI=1S/C7H17N5O2/c8-4-2-1-3-5(6(13)14)11-7(9)12-10/h5H,1-4,8,10H2,(H,13,14)(H3,9,11,12)/t5-/m0/s1. The predicted molar refractivity (Wildman–Crippen MR) is 53.3 cm³/mol. The van der Waals surface area contributed by atoms with E-state index < -0.39 is 12.0 Å². The minimum Gasteiger partial charge on any atom is -0.480 e. The molecule has 1 atom stereocenters. The quantitative estimate of drug-likeness (QED) is 0.115. The molecule has 0 spiro atoms. The number of aliphatic carboxylic acids is 1. The molecule has 0 aromatic carbocycles. The number of nitrogens with two attached hydrogens (primary N) is 3. The van der Waals surface area contributed by atoms with Crippen LogP contribution in [0.15, 0.2) is 4.99 Å². The van der Waals surface area contributed by atoms with Crippen molar-refractivity contribution in [1.29, 1.82) is 0 Å². The summed E-state index contributed by atoms with van der Waals surface area (Å²) in [6.07, 6.45) is 1.89. The van der Waals surface area contributed by atoms with Crippen LogP contribution in [0.5, 0.6) is 0 Å². The summed E-state index contributed by atoms with van der Waals surface area (Å²) in [5.74, 6) is 3.86. The average molecular weight is 203 g/mol. The lowest BCUT2D eigenvalue weighted by Crippen LogP contribution is -2.39. The summed E-state index contributed by atoms with van der Waals surface area (Å²) in [6, 6.07) is -0.849. The van der Waals surface area contributed by atoms with Gasteiger partial charge in [0.1, 0.15) is 0 Å². The van der Waals surface area contributed by atoms with Crippen LogP contribution in [0.3, 0.4) is 0 Å². The monoisotopic (exact) mass is 203 g/mol. The third kappa shape index (κ3) is 5.33. The first-order chi connectivity index (χ1) is 6.61. The summed E-state index contributed by atoms with van der Waals surface area (Å²) >= 11 is 0. The number of hydrogen-bond acceptors (Lipinski definition) is 4. The van der Waals surface area contributed by atoms with Crippen molar-refractivity contribution in [2.75, 3.05) is 6.54 Å². The lowest BCUT2D eigenvalue weighted by Gasteiger charge is -2.08. The Bertz CT molecular complexity index is 206. The highest BCUT2D eigenvalue weighted by Crippen LogP contribution is 2.04. The zero-order valence-corrected chi connectivity index (χ0v) is 7.94. The average Bonchev–Trinajstić information content (AvgIpc) is 2.16. The predicted octanol–water partition coefficient (Wildman–Crippen LogP) is -1.65. The van der Waals surface area contributed by atoms with Crippen LogP contribution in [0.4, 0.5) is 0 Å². The van der Waals surface area contributed by atoms with Crippen LogP contribution in [0.1, 0.15) is 19.3 Å². The van der Waals surface area contributed by atoms with Gasteiger partial charge in [-0.3, -0.25) is 5.43 Å². The fourth-order valence-corrected chi connectivity index (χ4v) is 0.930. The van der Waals surface area contributed by atoms with Crippen molar-refractivity contribution in [3.63, 3.8) is 0 Å². The smallest absolute Gasteiger partial charge is 0.328 e. The number of hydrogen-bond donors (Lipinski definition) is 5. The van der Waals surface area contributed by atoms with Crippen LogP contribution in [0, 0.1) is 0 Å². The van der Waals surface area contributed by atoms with Gasteiger partial charge in [0.15, 0.2) is 6.04 Å². The second kappa shape index (κ2) is 7.10. The number of unbranched alkanes of at least 4 members (excludes halogenated alkanes) is 1. The molecule has 0 aliphatic rings. The molecule has 0 fully saturated rings. The van der Waals surface area contributed by atoms with Gasteiger partial charge in [0.2, 0.25) is 5.96 Å². The molecule has 0 aromatic heterocycles. The highest BCUT2D eigenvalue weighted by atomic mass is 16.4. The minimum absolute atomic E-state index is 0.0786. The van der Waals surface area contributed by atoms with Gasteiger partial charge in [-0.05, 0) is 25.8 Å². The van der Waals surface area contributed by atoms with Crippen LogP contribution in [0.25, 0.3) is 0 Å². The largest absolute Gasteiger partial charge is 0.480 e. The maximum atomic E-state index is 10.7. The summed E-state index contributed by atoms with van der Waals surface area (Å²) in [6.45, 7) is 0.542. The first-order valence-corrected chi connectivity index (χ1v) is 4.34. The summed E-state index contributed by atoms with van der Waals surface area (Å²) in [5.41, 5.74) is 12.6. The number of carboxylic acids is 1. The van der Waals surface area contributed by atoms with E-state index in [1.165, 1.54) is 0 Å². The van der Waals surface area contributed by atoms with Crippen LogP contribution < -0.4 is 22.7 Å². The lowest BCUT2D eigenvalue weighted by atomic mass is 10.1. The highest BCUT2D eigenvalue weighted by Gasteiger charge is 2.15. The van der Waals surface area contributed by atoms with Gasteiger partial charge in [-0.25, -0.2) is 15.6 Å². The van der Waals surface area contributed by atoms with E-state index in [1.54, 1.807) is 0 Å². The molecule has 82 valence electrons.